The number of likely N-dealkylation sites (N-methyl/N-ethyl adjacent to an activating group) is 1. The highest BCUT2D eigenvalue weighted by atomic mass is 32.1. The smallest absolute Gasteiger partial charge is 0.116 e. The van der Waals surface area contributed by atoms with Crippen LogP contribution in [0.3, 0.4) is 0 Å². The van der Waals surface area contributed by atoms with Gasteiger partial charge in [0.05, 0.1) is 17.3 Å². The predicted octanol–water partition coefficient (Wildman–Crippen LogP) is 2.49. The lowest BCUT2D eigenvalue weighted by molar-refractivity contribution is 0.0369. The first-order chi connectivity index (χ1) is 8.11. The normalized spacial score (nSPS) is 20.0. The summed E-state index contributed by atoms with van der Waals surface area (Å²) in [4.78, 5) is 6.31. The minimum Gasteiger partial charge on any atom is -0.379 e. The van der Waals surface area contributed by atoms with Gasteiger partial charge in [0, 0.05) is 12.0 Å². The summed E-state index contributed by atoms with van der Waals surface area (Å²) in [6.45, 7) is 7.35. The van der Waals surface area contributed by atoms with Crippen molar-refractivity contribution in [2.75, 3.05) is 13.7 Å². The van der Waals surface area contributed by atoms with Crippen LogP contribution < -0.4 is 5.32 Å². The van der Waals surface area contributed by atoms with Crippen LogP contribution in [0, 0.1) is 0 Å². The van der Waals surface area contributed by atoms with E-state index in [-0.39, 0.29) is 11.6 Å². The van der Waals surface area contributed by atoms with Gasteiger partial charge in [-0.3, -0.25) is 0 Å². The highest BCUT2D eigenvalue weighted by Crippen LogP contribution is 2.35. The largest absolute Gasteiger partial charge is 0.379 e. The highest BCUT2D eigenvalue weighted by Gasteiger charge is 2.36. The van der Waals surface area contributed by atoms with E-state index in [2.05, 4.69) is 26.1 Å². The van der Waals surface area contributed by atoms with Crippen LogP contribution in [-0.2, 0) is 23.1 Å². The van der Waals surface area contributed by atoms with Crippen molar-refractivity contribution in [1.29, 1.82) is 0 Å². The maximum atomic E-state index is 5.53. The molecule has 1 aromatic rings. The SMILES string of the molecule is CCNC(C)(c1nc2c(s1)CCC2)C(C)OC. The fourth-order valence-corrected chi connectivity index (χ4v) is 3.76. The lowest BCUT2D eigenvalue weighted by atomic mass is 9.96. The van der Waals surface area contributed by atoms with Crippen molar-refractivity contribution in [3.63, 3.8) is 0 Å². The fraction of sp³-hybridized carbons (Fsp3) is 0.769. The van der Waals surface area contributed by atoms with Gasteiger partial charge < -0.3 is 10.1 Å². The second kappa shape index (κ2) is 5.04. The van der Waals surface area contributed by atoms with Crippen LogP contribution in [-0.4, -0.2) is 24.7 Å². The summed E-state index contributed by atoms with van der Waals surface area (Å²) >= 11 is 1.86. The molecule has 0 saturated heterocycles. The first-order valence-electron chi connectivity index (χ1n) is 6.38. The van der Waals surface area contributed by atoms with E-state index in [1.165, 1.54) is 28.4 Å². The average Bonchev–Trinajstić information content (AvgIpc) is 2.88. The molecule has 1 N–H and O–H groups in total. The lowest BCUT2D eigenvalue weighted by Gasteiger charge is -2.33. The molecule has 1 heterocycles. The minimum atomic E-state index is -0.168. The molecule has 0 aromatic carbocycles. The van der Waals surface area contributed by atoms with Gasteiger partial charge in [-0.15, -0.1) is 11.3 Å². The van der Waals surface area contributed by atoms with Gasteiger partial charge in [-0.1, -0.05) is 6.92 Å². The number of hydrogen-bond acceptors (Lipinski definition) is 4. The zero-order chi connectivity index (χ0) is 12.5. The van der Waals surface area contributed by atoms with Crippen molar-refractivity contribution in [2.45, 2.75) is 51.7 Å². The minimum absolute atomic E-state index is 0.119. The third-order valence-electron chi connectivity index (χ3n) is 3.75. The Labute approximate surface area is 108 Å². The Hall–Kier alpha value is -0.450. The van der Waals surface area contributed by atoms with Crippen LogP contribution in [0.5, 0.6) is 0 Å². The quantitative estimate of drug-likeness (QED) is 0.876. The summed E-state index contributed by atoms with van der Waals surface area (Å²) in [5.74, 6) is 0. The Bertz CT molecular complexity index is 369. The highest BCUT2D eigenvalue weighted by molar-refractivity contribution is 7.12. The molecule has 0 spiro atoms. The van der Waals surface area contributed by atoms with Crippen LogP contribution >= 0.6 is 11.3 Å². The first kappa shape index (κ1) is 13.0. The summed E-state index contributed by atoms with van der Waals surface area (Å²) in [6.07, 6.45) is 3.74. The molecule has 1 aromatic heterocycles. The molecule has 0 fully saturated rings. The van der Waals surface area contributed by atoms with Crippen molar-refractivity contribution in [2.24, 2.45) is 0 Å². The van der Waals surface area contributed by atoms with Crippen molar-refractivity contribution in [3.05, 3.63) is 15.6 Å². The van der Waals surface area contributed by atoms with E-state index in [0.717, 1.165) is 13.0 Å². The number of nitrogens with one attached hydrogen (secondary N) is 1. The van der Waals surface area contributed by atoms with E-state index in [1.807, 2.05) is 11.3 Å². The Morgan fingerprint density at radius 3 is 2.88 bits per heavy atom. The number of ether oxygens (including phenoxy) is 1. The monoisotopic (exact) mass is 254 g/mol. The van der Waals surface area contributed by atoms with Gasteiger partial charge in [0.15, 0.2) is 0 Å². The number of nitrogens with zero attached hydrogens (tertiary/aromatic N) is 1. The van der Waals surface area contributed by atoms with E-state index in [9.17, 15) is 0 Å². The number of fused-ring (bicyclic) bond motifs is 1. The van der Waals surface area contributed by atoms with Crippen molar-refractivity contribution >= 4 is 11.3 Å². The maximum Gasteiger partial charge on any atom is 0.116 e. The van der Waals surface area contributed by atoms with Crippen LogP contribution in [0.4, 0.5) is 0 Å². The number of thiazole rings is 1. The molecule has 0 bridgehead atoms. The third kappa shape index (κ3) is 2.26. The molecule has 0 radical (unpaired) electrons. The van der Waals surface area contributed by atoms with Crippen molar-refractivity contribution < 1.29 is 4.74 Å². The van der Waals surface area contributed by atoms with Crippen molar-refractivity contribution in [1.82, 2.24) is 10.3 Å². The molecule has 2 unspecified atom stereocenters. The molecule has 2 rings (SSSR count). The summed E-state index contributed by atoms with van der Waals surface area (Å²) in [6, 6.07) is 0. The molecule has 1 aliphatic carbocycles. The van der Waals surface area contributed by atoms with E-state index < -0.39 is 0 Å². The first-order valence-corrected chi connectivity index (χ1v) is 7.20. The van der Waals surface area contributed by atoms with Crippen LogP contribution in [0.25, 0.3) is 0 Å². The standard InChI is InChI=1S/C13H22N2OS/c1-5-14-13(3,9(2)16-4)12-15-10-7-6-8-11(10)17-12/h9,14H,5-8H2,1-4H3. The van der Waals surface area contributed by atoms with E-state index >= 15 is 0 Å². The predicted molar refractivity (Wildman–Crippen MR) is 71.6 cm³/mol. The Morgan fingerprint density at radius 1 is 1.53 bits per heavy atom. The van der Waals surface area contributed by atoms with Crippen LogP contribution in [0.2, 0.25) is 0 Å². The second-order valence-corrected chi connectivity index (χ2v) is 5.94. The van der Waals surface area contributed by atoms with Crippen LogP contribution in [0.15, 0.2) is 0 Å². The van der Waals surface area contributed by atoms with Gasteiger partial charge in [-0.05, 0) is 39.7 Å². The fourth-order valence-electron chi connectivity index (χ4n) is 2.41. The number of rotatable bonds is 5. The molecule has 2 atom stereocenters. The molecule has 0 amide bonds. The van der Waals surface area contributed by atoms with E-state index in [1.54, 1.807) is 7.11 Å². The van der Waals surface area contributed by atoms with E-state index in [0.29, 0.717) is 0 Å². The Balaban J connectivity index is 2.31. The Kier molecular flexibility index (Phi) is 3.85. The molecule has 17 heavy (non-hydrogen) atoms. The van der Waals surface area contributed by atoms with Gasteiger partial charge in [0.1, 0.15) is 5.01 Å². The van der Waals surface area contributed by atoms with Gasteiger partial charge in [-0.25, -0.2) is 4.98 Å². The number of aromatic nitrogens is 1. The third-order valence-corrected chi connectivity index (χ3v) is 5.15. The number of aryl methyl sites for hydroxylation is 2. The van der Waals surface area contributed by atoms with Gasteiger partial charge in [-0.2, -0.15) is 0 Å². The molecular weight excluding hydrogens is 232 g/mol. The number of hydrogen-bond donors (Lipinski definition) is 1. The molecule has 0 saturated carbocycles. The number of methoxy groups -OCH3 is 1. The molecule has 4 heteroatoms. The van der Waals surface area contributed by atoms with Gasteiger partial charge in [0.25, 0.3) is 0 Å². The van der Waals surface area contributed by atoms with Crippen molar-refractivity contribution in [3.8, 4) is 0 Å². The van der Waals surface area contributed by atoms with E-state index in [4.69, 9.17) is 9.72 Å². The van der Waals surface area contributed by atoms with Gasteiger partial charge in [0.2, 0.25) is 0 Å². The molecular formula is C13H22N2OS. The molecule has 0 aliphatic heterocycles. The summed E-state index contributed by atoms with van der Waals surface area (Å²) in [5.41, 5.74) is 1.15. The summed E-state index contributed by atoms with van der Waals surface area (Å²) in [7, 11) is 1.77. The second-order valence-electron chi connectivity index (χ2n) is 4.85. The average molecular weight is 254 g/mol. The summed E-state index contributed by atoms with van der Waals surface area (Å²) in [5, 5.41) is 4.72. The molecule has 3 nitrogen and oxygen atoms in total. The topological polar surface area (TPSA) is 34.2 Å². The van der Waals surface area contributed by atoms with Crippen LogP contribution in [0.1, 0.15) is 42.8 Å². The summed E-state index contributed by atoms with van der Waals surface area (Å²) < 4.78 is 5.53. The zero-order valence-electron chi connectivity index (χ0n) is 11.2. The molecule has 1 aliphatic rings. The molecule has 96 valence electrons. The lowest BCUT2D eigenvalue weighted by Crippen LogP contribution is -2.48. The zero-order valence-corrected chi connectivity index (χ0v) is 12.0. The Morgan fingerprint density at radius 2 is 2.29 bits per heavy atom. The maximum absolute atomic E-state index is 5.53. The van der Waals surface area contributed by atoms with Gasteiger partial charge >= 0.3 is 0 Å².